The Hall–Kier alpha value is -3.00. The first-order valence-electron chi connectivity index (χ1n) is 9.83. The zero-order chi connectivity index (χ0) is 20.4. The Morgan fingerprint density at radius 2 is 1.93 bits per heavy atom. The van der Waals surface area contributed by atoms with E-state index in [4.69, 9.17) is 0 Å². The Kier molecular flexibility index (Phi) is 5.44. The van der Waals surface area contributed by atoms with Gasteiger partial charge < -0.3 is 14.8 Å². The van der Waals surface area contributed by atoms with E-state index in [-0.39, 0.29) is 11.8 Å². The van der Waals surface area contributed by atoms with E-state index in [1.54, 1.807) is 30.2 Å². The van der Waals surface area contributed by atoms with Crippen LogP contribution in [0.4, 0.5) is 14.9 Å². The topological polar surface area (TPSA) is 66.3 Å². The normalized spacial score (nSPS) is 15.1. The maximum absolute atomic E-state index is 13.7. The van der Waals surface area contributed by atoms with Crippen molar-refractivity contribution in [2.75, 3.05) is 38.0 Å². The minimum Gasteiger partial charge on any atom is -0.322 e. The molecule has 0 saturated carbocycles. The van der Waals surface area contributed by atoms with E-state index in [1.165, 1.54) is 6.07 Å². The summed E-state index contributed by atoms with van der Waals surface area (Å²) in [5.41, 5.74) is 2.87. The van der Waals surface area contributed by atoms with Gasteiger partial charge in [-0.2, -0.15) is 0 Å². The van der Waals surface area contributed by atoms with Crippen LogP contribution in [0.2, 0.25) is 0 Å². The van der Waals surface area contributed by atoms with Crippen molar-refractivity contribution in [3.05, 3.63) is 53.7 Å². The van der Waals surface area contributed by atoms with Gasteiger partial charge in [0.2, 0.25) is 0 Å². The van der Waals surface area contributed by atoms with E-state index in [0.29, 0.717) is 24.3 Å². The third-order valence-corrected chi connectivity index (χ3v) is 5.42. The minimum atomic E-state index is -0.315. The van der Waals surface area contributed by atoms with Gasteiger partial charge in [-0.05, 0) is 43.7 Å². The lowest BCUT2D eigenvalue weighted by molar-refractivity contribution is 0.144. The molecule has 0 radical (unpaired) electrons. The number of hydrogen-bond acceptors (Lipinski definition) is 4. The van der Waals surface area contributed by atoms with E-state index in [0.717, 1.165) is 43.2 Å². The van der Waals surface area contributed by atoms with Gasteiger partial charge in [-0.15, -0.1) is 0 Å². The lowest BCUT2D eigenvalue weighted by Gasteiger charge is -2.34. The van der Waals surface area contributed by atoms with Crippen LogP contribution in [0.25, 0.3) is 11.2 Å². The monoisotopic (exact) mass is 396 g/mol. The number of benzene rings is 1. The molecule has 7 nitrogen and oxygen atoms in total. The van der Waals surface area contributed by atoms with Crippen molar-refractivity contribution in [3.8, 4) is 0 Å². The number of fused-ring (bicyclic) bond motifs is 1. The molecule has 0 atom stereocenters. The molecule has 152 valence electrons. The number of aryl methyl sites for hydroxylation is 2. The van der Waals surface area contributed by atoms with Gasteiger partial charge in [0, 0.05) is 51.2 Å². The maximum Gasteiger partial charge on any atom is 0.321 e. The molecule has 0 aliphatic carbocycles. The highest BCUT2D eigenvalue weighted by Crippen LogP contribution is 2.16. The van der Waals surface area contributed by atoms with Crippen molar-refractivity contribution in [2.24, 2.45) is 0 Å². The number of halogens is 1. The number of urea groups is 1. The van der Waals surface area contributed by atoms with Crippen molar-refractivity contribution >= 4 is 22.9 Å². The second-order valence-corrected chi connectivity index (χ2v) is 7.38. The van der Waals surface area contributed by atoms with Gasteiger partial charge in [-0.3, -0.25) is 4.90 Å². The number of nitrogens with one attached hydrogen (secondary N) is 1. The summed E-state index contributed by atoms with van der Waals surface area (Å²) in [5, 5.41) is 2.78. The number of amides is 2. The number of aromatic nitrogens is 3. The van der Waals surface area contributed by atoms with Crippen LogP contribution < -0.4 is 5.32 Å². The highest BCUT2D eigenvalue weighted by atomic mass is 19.1. The van der Waals surface area contributed by atoms with E-state index >= 15 is 0 Å². The van der Waals surface area contributed by atoms with Crippen LogP contribution in [-0.2, 0) is 6.54 Å². The number of piperazine rings is 1. The Balaban J connectivity index is 1.29. The molecule has 1 aromatic carbocycles. The molecule has 0 bridgehead atoms. The van der Waals surface area contributed by atoms with Gasteiger partial charge in [0.15, 0.2) is 5.65 Å². The highest BCUT2D eigenvalue weighted by Gasteiger charge is 2.21. The molecular formula is C21H25FN6O. The summed E-state index contributed by atoms with van der Waals surface area (Å²) in [4.78, 5) is 25.6. The molecule has 4 rings (SSSR count). The Labute approximate surface area is 169 Å². The average Bonchev–Trinajstić information content (AvgIpc) is 3.04. The fraction of sp³-hybridized carbons (Fsp3) is 0.381. The molecule has 0 unspecified atom stereocenters. The SMILES string of the molecule is Cc1ccc(NC(=O)N2CCN(CCn3c(C)nc4cccnc43)CC2)cc1F. The molecule has 8 heteroatoms. The Morgan fingerprint density at radius 1 is 1.14 bits per heavy atom. The molecular weight excluding hydrogens is 371 g/mol. The van der Waals surface area contributed by atoms with Crippen molar-refractivity contribution in [3.63, 3.8) is 0 Å². The summed E-state index contributed by atoms with van der Waals surface area (Å²) in [6, 6.07) is 8.43. The lowest BCUT2D eigenvalue weighted by Crippen LogP contribution is -2.50. The lowest BCUT2D eigenvalue weighted by atomic mass is 10.2. The number of rotatable bonds is 4. The van der Waals surface area contributed by atoms with Gasteiger partial charge in [-0.1, -0.05) is 6.07 Å². The zero-order valence-electron chi connectivity index (χ0n) is 16.7. The molecule has 2 aromatic heterocycles. The zero-order valence-corrected chi connectivity index (χ0v) is 16.7. The largest absolute Gasteiger partial charge is 0.322 e. The van der Waals surface area contributed by atoms with Gasteiger partial charge >= 0.3 is 6.03 Å². The first kappa shape index (κ1) is 19.3. The third-order valence-electron chi connectivity index (χ3n) is 5.42. The van der Waals surface area contributed by atoms with Crippen LogP contribution in [0.5, 0.6) is 0 Å². The van der Waals surface area contributed by atoms with Crippen LogP contribution in [0.1, 0.15) is 11.4 Å². The number of carbonyl (C=O) groups is 1. The van der Waals surface area contributed by atoms with Crippen molar-refractivity contribution in [1.29, 1.82) is 0 Å². The molecule has 1 fully saturated rings. The Bertz CT molecular complexity index is 1030. The fourth-order valence-corrected chi connectivity index (χ4v) is 3.63. The van der Waals surface area contributed by atoms with Gasteiger partial charge in [0.25, 0.3) is 0 Å². The molecule has 3 heterocycles. The smallest absolute Gasteiger partial charge is 0.321 e. The molecule has 29 heavy (non-hydrogen) atoms. The summed E-state index contributed by atoms with van der Waals surface area (Å²) < 4.78 is 15.8. The summed E-state index contributed by atoms with van der Waals surface area (Å²) in [6.45, 7) is 8.27. The molecule has 1 aliphatic heterocycles. The van der Waals surface area contributed by atoms with Crippen LogP contribution >= 0.6 is 0 Å². The quantitative estimate of drug-likeness (QED) is 0.736. The van der Waals surface area contributed by atoms with Crippen LogP contribution in [-0.4, -0.2) is 63.1 Å². The Morgan fingerprint density at radius 3 is 2.69 bits per heavy atom. The molecule has 1 aliphatic rings. The fourth-order valence-electron chi connectivity index (χ4n) is 3.63. The second-order valence-electron chi connectivity index (χ2n) is 7.38. The molecule has 1 N–H and O–H groups in total. The van der Waals surface area contributed by atoms with E-state index in [2.05, 4.69) is 24.8 Å². The van der Waals surface area contributed by atoms with Crippen LogP contribution in [0.3, 0.4) is 0 Å². The first-order chi connectivity index (χ1) is 14.0. The molecule has 0 spiro atoms. The summed E-state index contributed by atoms with van der Waals surface area (Å²) in [7, 11) is 0. The molecule has 3 aromatic rings. The van der Waals surface area contributed by atoms with Crippen LogP contribution in [0, 0.1) is 19.7 Å². The van der Waals surface area contributed by atoms with Crippen LogP contribution in [0.15, 0.2) is 36.5 Å². The minimum absolute atomic E-state index is 0.187. The van der Waals surface area contributed by atoms with E-state index in [1.807, 2.05) is 19.1 Å². The third kappa shape index (κ3) is 4.22. The second kappa shape index (κ2) is 8.16. The van der Waals surface area contributed by atoms with Crippen molar-refractivity contribution in [1.82, 2.24) is 24.3 Å². The molecule has 2 amide bonds. The average molecular weight is 396 g/mol. The van der Waals surface area contributed by atoms with Gasteiger partial charge in [0.1, 0.15) is 17.2 Å². The summed E-state index contributed by atoms with van der Waals surface area (Å²) >= 11 is 0. The predicted molar refractivity (Wildman–Crippen MR) is 110 cm³/mol. The summed E-state index contributed by atoms with van der Waals surface area (Å²) in [5.74, 6) is 0.645. The van der Waals surface area contributed by atoms with Crippen molar-refractivity contribution < 1.29 is 9.18 Å². The van der Waals surface area contributed by atoms with Gasteiger partial charge in [-0.25, -0.2) is 19.2 Å². The van der Waals surface area contributed by atoms with E-state index in [9.17, 15) is 9.18 Å². The van der Waals surface area contributed by atoms with Crippen molar-refractivity contribution in [2.45, 2.75) is 20.4 Å². The summed E-state index contributed by atoms with van der Waals surface area (Å²) in [6.07, 6.45) is 1.79. The predicted octanol–water partition coefficient (Wildman–Crippen LogP) is 3.04. The number of nitrogens with zero attached hydrogens (tertiary/aromatic N) is 5. The number of hydrogen-bond donors (Lipinski definition) is 1. The molecule has 1 saturated heterocycles. The standard InChI is InChI=1S/C21H25FN6O/c1-15-5-6-17(14-18(15)22)25-21(29)27-11-8-26(9-12-27)10-13-28-16(2)24-19-4-3-7-23-20(19)28/h3-7,14H,8-13H2,1-2H3,(H,25,29). The maximum atomic E-state index is 13.7. The number of pyridine rings is 1. The highest BCUT2D eigenvalue weighted by molar-refractivity contribution is 5.89. The first-order valence-corrected chi connectivity index (χ1v) is 9.83. The number of anilines is 1. The number of imidazole rings is 1. The van der Waals surface area contributed by atoms with E-state index < -0.39 is 0 Å². The number of carbonyl (C=O) groups excluding carboxylic acids is 1. The van der Waals surface area contributed by atoms with Gasteiger partial charge in [0.05, 0.1) is 0 Å².